The van der Waals surface area contributed by atoms with Gasteiger partial charge < -0.3 is 5.11 Å². The molecular formula is C13H11FN2O2S. The first-order valence-corrected chi connectivity index (χ1v) is 6.71. The average Bonchev–Trinajstić information content (AvgIpc) is 2.97. The van der Waals surface area contributed by atoms with Crippen molar-refractivity contribution < 1.29 is 14.3 Å². The quantitative estimate of drug-likeness (QED) is 0.914. The normalized spacial score (nSPS) is 19.2. The summed E-state index contributed by atoms with van der Waals surface area (Å²) < 4.78 is 12.8. The number of carbonyl (C=O) groups excluding carboxylic acids is 1. The summed E-state index contributed by atoms with van der Waals surface area (Å²) in [5, 5.41) is 11.8. The highest BCUT2D eigenvalue weighted by molar-refractivity contribution is 7.14. The van der Waals surface area contributed by atoms with E-state index in [9.17, 15) is 14.3 Å². The Morgan fingerprint density at radius 2 is 2.11 bits per heavy atom. The van der Waals surface area contributed by atoms with Crippen LogP contribution < -0.4 is 4.90 Å². The van der Waals surface area contributed by atoms with Crippen LogP contribution in [0.4, 0.5) is 9.52 Å². The van der Waals surface area contributed by atoms with E-state index >= 15 is 0 Å². The first-order chi connectivity index (χ1) is 9.13. The second kappa shape index (κ2) is 4.71. The third-order valence-corrected chi connectivity index (χ3v) is 3.83. The molecule has 19 heavy (non-hydrogen) atoms. The lowest BCUT2D eigenvalue weighted by molar-refractivity contribution is -0.117. The van der Waals surface area contributed by atoms with Gasteiger partial charge in [0.15, 0.2) is 5.13 Å². The number of aromatic nitrogens is 1. The average molecular weight is 278 g/mol. The predicted octanol–water partition coefficient (Wildman–Crippen LogP) is 2.05. The second-order valence-corrected chi connectivity index (χ2v) is 5.22. The van der Waals surface area contributed by atoms with E-state index < -0.39 is 6.10 Å². The topological polar surface area (TPSA) is 53.4 Å². The molecule has 1 atom stereocenters. The highest BCUT2D eigenvalue weighted by Gasteiger charge is 2.30. The van der Waals surface area contributed by atoms with E-state index in [1.807, 2.05) is 5.38 Å². The van der Waals surface area contributed by atoms with Gasteiger partial charge in [0.05, 0.1) is 24.8 Å². The fourth-order valence-corrected chi connectivity index (χ4v) is 2.88. The molecule has 1 unspecified atom stereocenters. The molecule has 1 N–H and O–H groups in total. The molecule has 98 valence electrons. The van der Waals surface area contributed by atoms with Crippen molar-refractivity contribution in [2.45, 2.75) is 12.5 Å². The number of aliphatic hydroxyl groups is 1. The monoisotopic (exact) mass is 278 g/mol. The first kappa shape index (κ1) is 12.3. The molecule has 0 spiro atoms. The van der Waals surface area contributed by atoms with Gasteiger partial charge in [0.2, 0.25) is 5.91 Å². The van der Waals surface area contributed by atoms with Crippen LogP contribution in [0.25, 0.3) is 11.3 Å². The van der Waals surface area contributed by atoms with Crippen LogP contribution in [-0.2, 0) is 4.79 Å². The zero-order valence-corrected chi connectivity index (χ0v) is 10.7. The standard InChI is InChI=1S/C13H11FN2O2S/c14-9-3-1-8(2-4-9)11-7-19-13(15-11)16-6-10(17)5-12(16)18/h1-4,7,10,17H,5-6H2. The summed E-state index contributed by atoms with van der Waals surface area (Å²) in [6, 6.07) is 6.04. The fraction of sp³-hybridized carbons (Fsp3) is 0.231. The van der Waals surface area contributed by atoms with Gasteiger partial charge in [-0.25, -0.2) is 9.37 Å². The van der Waals surface area contributed by atoms with Crippen LogP contribution in [0.15, 0.2) is 29.6 Å². The molecule has 1 aromatic carbocycles. The van der Waals surface area contributed by atoms with E-state index in [0.717, 1.165) is 5.56 Å². The summed E-state index contributed by atoms with van der Waals surface area (Å²) in [6.07, 6.45) is -0.475. The SMILES string of the molecule is O=C1CC(O)CN1c1nc(-c2ccc(F)cc2)cs1. The van der Waals surface area contributed by atoms with Crippen molar-refractivity contribution in [2.75, 3.05) is 11.4 Å². The Kier molecular flexibility index (Phi) is 3.04. The minimum absolute atomic E-state index is 0.118. The van der Waals surface area contributed by atoms with Gasteiger partial charge in [-0.3, -0.25) is 9.69 Å². The third-order valence-electron chi connectivity index (χ3n) is 2.97. The molecule has 6 heteroatoms. The molecule has 1 aliphatic heterocycles. The van der Waals surface area contributed by atoms with E-state index in [0.29, 0.717) is 10.8 Å². The Hall–Kier alpha value is -1.79. The fourth-order valence-electron chi connectivity index (χ4n) is 2.02. The summed E-state index contributed by atoms with van der Waals surface area (Å²) in [5.41, 5.74) is 1.50. The maximum atomic E-state index is 12.8. The molecule has 4 nitrogen and oxygen atoms in total. The Bertz CT molecular complexity index is 611. The number of benzene rings is 1. The van der Waals surface area contributed by atoms with Crippen molar-refractivity contribution in [2.24, 2.45) is 0 Å². The number of thiazole rings is 1. The molecule has 1 aromatic heterocycles. The zero-order chi connectivity index (χ0) is 13.4. The van der Waals surface area contributed by atoms with Gasteiger partial charge >= 0.3 is 0 Å². The van der Waals surface area contributed by atoms with Gasteiger partial charge in [-0.05, 0) is 24.3 Å². The maximum Gasteiger partial charge on any atom is 0.231 e. The smallest absolute Gasteiger partial charge is 0.231 e. The Balaban J connectivity index is 1.87. The maximum absolute atomic E-state index is 12.8. The first-order valence-electron chi connectivity index (χ1n) is 5.83. The van der Waals surface area contributed by atoms with Crippen LogP contribution in [0.2, 0.25) is 0 Å². The molecule has 2 aromatic rings. The Morgan fingerprint density at radius 3 is 2.74 bits per heavy atom. The van der Waals surface area contributed by atoms with Crippen LogP contribution in [0.5, 0.6) is 0 Å². The van der Waals surface area contributed by atoms with E-state index in [2.05, 4.69) is 4.98 Å². The molecule has 0 aliphatic carbocycles. The number of anilines is 1. The molecule has 1 fully saturated rings. The lowest BCUT2D eigenvalue weighted by atomic mass is 10.2. The van der Waals surface area contributed by atoms with Crippen molar-refractivity contribution >= 4 is 22.4 Å². The van der Waals surface area contributed by atoms with Crippen molar-refractivity contribution in [3.05, 3.63) is 35.5 Å². The zero-order valence-electron chi connectivity index (χ0n) is 9.91. The molecule has 0 radical (unpaired) electrons. The van der Waals surface area contributed by atoms with E-state index in [1.54, 1.807) is 12.1 Å². The van der Waals surface area contributed by atoms with Gasteiger partial charge in [0, 0.05) is 10.9 Å². The van der Waals surface area contributed by atoms with Crippen LogP contribution in [0.1, 0.15) is 6.42 Å². The summed E-state index contributed by atoms with van der Waals surface area (Å²) in [6.45, 7) is 0.287. The number of carbonyl (C=O) groups is 1. The van der Waals surface area contributed by atoms with Crippen molar-refractivity contribution in [3.63, 3.8) is 0 Å². The Labute approximate surface area is 113 Å². The largest absolute Gasteiger partial charge is 0.391 e. The molecular weight excluding hydrogens is 267 g/mol. The molecule has 0 saturated carbocycles. The number of halogens is 1. The van der Waals surface area contributed by atoms with Gasteiger partial charge in [-0.1, -0.05) is 0 Å². The highest BCUT2D eigenvalue weighted by atomic mass is 32.1. The molecule has 1 saturated heterocycles. The lowest BCUT2D eigenvalue weighted by Gasteiger charge is -2.10. The predicted molar refractivity (Wildman–Crippen MR) is 70.5 cm³/mol. The summed E-state index contributed by atoms with van der Waals surface area (Å²) in [4.78, 5) is 17.5. The van der Waals surface area contributed by atoms with Gasteiger partial charge in [0.25, 0.3) is 0 Å². The number of rotatable bonds is 2. The number of aliphatic hydroxyl groups excluding tert-OH is 1. The number of hydrogen-bond donors (Lipinski definition) is 1. The minimum atomic E-state index is -0.620. The summed E-state index contributed by atoms with van der Waals surface area (Å²) in [5.74, 6) is -0.412. The van der Waals surface area contributed by atoms with Crippen molar-refractivity contribution in [1.29, 1.82) is 0 Å². The van der Waals surface area contributed by atoms with Crippen molar-refractivity contribution in [1.82, 2.24) is 4.98 Å². The van der Waals surface area contributed by atoms with E-state index in [4.69, 9.17) is 0 Å². The van der Waals surface area contributed by atoms with Crippen LogP contribution in [0.3, 0.4) is 0 Å². The number of β-amino-alcohol motifs (C(OH)–C–C–N with tert-alkyl or cyclic N) is 1. The molecule has 1 amide bonds. The highest BCUT2D eigenvalue weighted by Crippen LogP contribution is 2.30. The second-order valence-electron chi connectivity index (χ2n) is 4.38. The number of hydrogen-bond acceptors (Lipinski definition) is 4. The number of nitrogens with zero attached hydrogens (tertiary/aromatic N) is 2. The van der Waals surface area contributed by atoms with Crippen molar-refractivity contribution in [3.8, 4) is 11.3 Å². The van der Waals surface area contributed by atoms with Crippen LogP contribution in [-0.4, -0.2) is 28.6 Å². The molecule has 1 aliphatic rings. The summed E-state index contributed by atoms with van der Waals surface area (Å²) in [7, 11) is 0. The van der Waals surface area contributed by atoms with E-state index in [-0.39, 0.29) is 24.7 Å². The third kappa shape index (κ3) is 2.36. The minimum Gasteiger partial charge on any atom is -0.391 e. The van der Waals surface area contributed by atoms with Gasteiger partial charge in [0.1, 0.15) is 5.82 Å². The number of amides is 1. The van der Waals surface area contributed by atoms with E-state index in [1.165, 1.54) is 28.4 Å². The molecule has 0 bridgehead atoms. The van der Waals surface area contributed by atoms with Crippen LogP contribution >= 0.6 is 11.3 Å². The summed E-state index contributed by atoms with van der Waals surface area (Å²) >= 11 is 1.34. The van der Waals surface area contributed by atoms with Gasteiger partial charge in [-0.15, -0.1) is 11.3 Å². The van der Waals surface area contributed by atoms with Gasteiger partial charge in [-0.2, -0.15) is 0 Å². The Morgan fingerprint density at radius 1 is 1.37 bits per heavy atom. The lowest BCUT2D eigenvalue weighted by Crippen LogP contribution is -2.24. The molecule has 2 heterocycles. The van der Waals surface area contributed by atoms with Crippen LogP contribution in [0, 0.1) is 5.82 Å². The molecule has 3 rings (SSSR count).